The van der Waals surface area contributed by atoms with Crippen molar-refractivity contribution in [3.63, 3.8) is 0 Å². The lowest BCUT2D eigenvalue weighted by atomic mass is 9.92. The van der Waals surface area contributed by atoms with Crippen LogP contribution in [0, 0.1) is 0 Å². The van der Waals surface area contributed by atoms with Gasteiger partial charge in [-0.1, -0.05) is 25.3 Å². The second-order valence-electron chi connectivity index (χ2n) is 8.81. The molecule has 1 fully saturated rings. The van der Waals surface area contributed by atoms with E-state index in [1.807, 2.05) is 24.3 Å². The number of pyridine rings is 1. The number of hydrogen-bond acceptors (Lipinski definition) is 5. The number of aliphatic hydroxyl groups excluding tert-OH is 1. The van der Waals surface area contributed by atoms with Crippen LogP contribution in [0.2, 0.25) is 0 Å². The highest BCUT2D eigenvalue weighted by atomic mass is 16.5. The number of aromatic amines is 1. The number of carbonyl (C=O) groups is 1. The first-order valence-electron chi connectivity index (χ1n) is 11.4. The molecule has 0 saturated heterocycles. The lowest BCUT2D eigenvalue weighted by molar-refractivity contribution is 0.0555. The molecule has 7 heteroatoms. The topological polar surface area (TPSA) is 91.3 Å². The first-order valence-corrected chi connectivity index (χ1v) is 11.4. The van der Waals surface area contributed by atoms with Crippen LogP contribution in [0.3, 0.4) is 0 Å². The molecule has 1 aromatic carbocycles. The van der Waals surface area contributed by atoms with Crippen LogP contribution >= 0.6 is 0 Å². The molecule has 1 saturated carbocycles. The summed E-state index contributed by atoms with van der Waals surface area (Å²) in [6.45, 7) is 4.03. The number of ether oxygens (including phenoxy) is 1. The standard InChI is InChI=1S/C25H32N4O3/c1-16(2)29(20-7-5-4-6-8-20)25(31)19-10-9-17(21(14-19)32-3)13-18-11-12-26-24-23(18)27-22(15-30)28-24/h9-12,14,16,20,30H,4-8,13,15H2,1-3H3,(H,26,27,28). The molecule has 4 rings (SSSR count). The Morgan fingerprint density at radius 1 is 1.22 bits per heavy atom. The van der Waals surface area contributed by atoms with Crippen molar-refractivity contribution >= 4 is 17.1 Å². The second kappa shape index (κ2) is 9.69. The van der Waals surface area contributed by atoms with Gasteiger partial charge in [0.05, 0.1) is 12.6 Å². The summed E-state index contributed by atoms with van der Waals surface area (Å²) in [6.07, 6.45) is 8.12. The second-order valence-corrected chi connectivity index (χ2v) is 8.81. The molecule has 1 aliphatic rings. The number of hydrogen-bond donors (Lipinski definition) is 2. The number of nitrogens with zero attached hydrogens (tertiary/aromatic N) is 3. The third-order valence-electron chi connectivity index (χ3n) is 6.35. The molecule has 0 unspecified atom stereocenters. The predicted molar refractivity (Wildman–Crippen MR) is 124 cm³/mol. The highest BCUT2D eigenvalue weighted by molar-refractivity contribution is 5.95. The average Bonchev–Trinajstić information content (AvgIpc) is 3.24. The fraction of sp³-hybridized carbons (Fsp3) is 0.480. The van der Waals surface area contributed by atoms with Crippen LogP contribution in [0.15, 0.2) is 30.5 Å². The van der Waals surface area contributed by atoms with Crippen molar-refractivity contribution < 1.29 is 14.6 Å². The van der Waals surface area contributed by atoms with Crippen LogP contribution in [0.25, 0.3) is 11.2 Å². The summed E-state index contributed by atoms with van der Waals surface area (Å²) in [5, 5.41) is 9.38. The minimum atomic E-state index is -0.163. The van der Waals surface area contributed by atoms with Crippen LogP contribution in [0.5, 0.6) is 5.75 Å². The highest BCUT2D eigenvalue weighted by Crippen LogP contribution is 2.29. The van der Waals surface area contributed by atoms with Gasteiger partial charge in [-0.05, 0) is 56.0 Å². The van der Waals surface area contributed by atoms with E-state index in [-0.39, 0.29) is 18.6 Å². The normalized spacial score (nSPS) is 14.8. The Kier molecular flexibility index (Phi) is 6.74. The summed E-state index contributed by atoms with van der Waals surface area (Å²) < 4.78 is 5.68. The van der Waals surface area contributed by atoms with Gasteiger partial charge >= 0.3 is 0 Å². The number of H-pyrrole nitrogens is 1. The zero-order valence-electron chi connectivity index (χ0n) is 19.1. The van der Waals surface area contributed by atoms with Gasteiger partial charge in [-0.2, -0.15) is 0 Å². The van der Waals surface area contributed by atoms with Crippen LogP contribution in [0.4, 0.5) is 0 Å². The molecule has 2 aromatic heterocycles. The smallest absolute Gasteiger partial charge is 0.254 e. The van der Waals surface area contributed by atoms with Crippen molar-refractivity contribution in [2.75, 3.05) is 7.11 Å². The Balaban J connectivity index is 1.61. The molecule has 1 amide bonds. The van der Waals surface area contributed by atoms with Gasteiger partial charge < -0.3 is 19.7 Å². The first-order chi connectivity index (χ1) is 15.5. The Bertz CT molecular complexity index is 1090. The Morgan fingerprint density at radius 2 is 2.00 bits per heavy atom. The number of rotatable bonds is 7. The number of aromatic nitrogens is 3. The third kappa shape index (κ3) is 4.48. The molecule has 0 radical (unpaired) electrons. The Labute approximate surface area is 188 Å². The van der Waals surface area contributed by atoms with E-state index in [4.69, 9.17) is 4.74 Å². The molecule has 0 spiro atoms. The zero-order chi connectivity index (χ0) is 22.7. The quantitative estimate of drug-likeness (QED) is 0.578. The molecule has 170 valence electrons. The van der Waals surface area contributed by atoms with E-state index in [1.165, 1.54) is 19.3 Å². The van der Waals surface area contributed by atoms with Crippen molar-refractivity contribution in [3.05, 3.63) is 53.0 Å². The maximum absolute atomic E-state index is 13.5. The number of imidazole rings is 1. The number of carbonyl (C=O) groups excluding carboxylic acids is 1. The molecule has 3 aromatic rings. The molecular formula is C25H32N4O3. The van der Waals surface area contributed by atoms with Gasteiger partial charge in [0.1, 0.15) is 18.2 Å². The number of aliphatic hydroxyl groups is 1. The lowest BCUT2D eigenvalue weighted by Gasteiger charge is -2.37. The van der Waals surface area contributed by atoms with Crippen molar-refractivity contribution in [2.45, 2.75) is 71.1 Å². The molecule has 2 heterocycles. The predicted octanol–water partition coefficient (Wildman–Crippen LogP) is 4.23. The Morgan fingerprint density at radius 3 is 2.69 bits per heavy atom. The van der Waals surface area contributed by atoms with E-state index < -0.39 is 0 Å². The van der Waals surface area contributed by atoms with Crippen LogP contribution < -0.4 is 4.74 Å². The summed E-state index contributed by atoms with van der Waals surface area (Å²) in [5.41, 5.74) is 4.03. The maximum Gasteiger partial charge on any atom is 0.254 e. The highest BCUT2D eigenvalue weighted by Gasteiger charge is 2.28. The molecule has 0 bridgehead atoms. The van der Waals surface area contributed by atoms with Crippen molar-refractivity contribution in [1.82, 2.24) is 19.9 Å². The maximum atomic E-state index is 13.5. The molecule has 1 aliphatic carbocycles. The first kappa shape index (κ1) is 22.3. The fourth-order valence-electron chi connectivity index (χ4n) is 4.79. The van der Waals surface area contributed by atoms with Gasteiger partial charge in [-0.15, -0.1) is 0 Å². The zero-order valence-corrected chi connectivity index (χ0v) is 19.1. The molecule has 0 atom stereocenters. The third-order valence-corrected chi connectivity index (χ3v) is 6.35. The van der Waals surface area contributed by atoms with E-state index in [0.29, 0.717) is 35.2 Å². The molecule has 0 aliphatic heterocycles. The number of amides is 1. The molecule has 7 nitrogen and oxygen atoms in total. The number of nitrogens with one attached hydrogen (secondary N) is 1. The minimum Gasteiger partial charge on any atom is -0.496 e. The number of benzene rings is 1. The minimum absolute atomic E-state index is 0.0733. The van der Waals surface area contributed by atoms with Gasteiger partial charge in [-0.3, -0.25) is 4.79 Å². The summed E-state index contributed by atoms with van der Waals surface area (Å²) >= 11 is 0. The van der Waals surface area contributed by atoms with Crippen molar-refractivity contribution in [2.24, 2.45) is 0 Å². The van der Waals surface area contributed by atoms with Gasteiger partial charge in [-0.25, -0.2) is 9.97 Å². The summed E-state index contributed by atoms with van der Waals surface area (Å²) in [6, 6.07) is 8.14. The Hall–Kier alpha value is -2.93. The summed E-state index contributed by atoms with van der Waals surface area (Å²) in [5.74, 6) is 1.25. The van der Waals surface area contributed by atoms with Crippen molar-refractivity contribution in [3.8, 4) is 5.75 Å². The van der Waals surface area contributed by atoms with Crippen LogP contribution in [-0.2, 0) is 13.0 Å². The number of methoxy groups -OCH3 is 1. The summed E-state index contributed by atoms with van der Waals surface area (Å²) in [4.78, 5) is 27.2. The van der Waals surface area contributed by atoms with Crippen LogP contribution in [-0.4, -0.2) is 50.1 Å². The fourth-order valence-corrected chi connectivity index (χ4v) is 4.79. The van der Waals surface area contributed by atoms with E-state index in [2.05, 4.69) is 33.7 Å². The van der Waals surface area contributed by atoms with E-state index in [0.717, 1.165) is 29.5 Å². The monoisotopic (exact) mass is 436 g/mol. The molecule has 32 heavy (non-hydrogen) atoms. The van der Waals surface area contributed by atoms with Gasteiger partial charge in [0.25, 0.3) is 5.91 Å². The van der Waals surface area contributed by atoms with Gasteiger partial charge in [0.2, 0.25) is 0 Å². The average molecular weight is 437 g/mol. The summed E-state index contributed by atoms with van der Waals surface area (Å²) in [7, 11) is 1.64. The van der Waals surface area contributed by atoms with Crippen LogP contribution in [0.1, 0.15) is 73.3 Å². The largest absolute Gasteiger partial charge is 0.496 e. The van der Waals surface area contributed by atoms with Gasteiger partial charge in [0.15, 0.2) is 5.65 Å². The molecule has 2 N–H and O–H groups in total. The lowest BCUT2D eigenvalue weighted by Crippen LogP contribution is -2.45. The van der Waals surface area contributed by atoms with Crippen molar-refractivity contribution in [1.29, 1.82) is 0 Å². The SMILES string of the molecule is COc1cc(C(=O)N(C(C)C)C2CCCCC2)ccc1Cc1ccnc2nc(CO)[nH]c12. The van der Waals surface area contributed by atoms with E-state index in [9.17, 15) is 9.90 Å². The molecular weight excluding hydrogens is 404 g/mol. The van der Waals surface area contributed by atoms with Gasteiger partial charge in [0, 0.05) is 30.3 Å². The van der Waals surface area contributed by atoms with E-state index in [1.54, 1.807) is 13.3 Å². The van der Waals surface area contributed by atoms with E-state index >= 15 is 0 Å². The number of fused-ring (bicyclic) bond motifs is 1.